The Bertz CT molecular complexity index is 1610. The van der Waals surface area contributed by atoms with Gasteiger partial charge in [0, 0.05) is 31.5 Å². The van der Waals surface area contributed by atoms with Crippen LogP contribution in [-0.2, 0) is 21.3 Å². The highest BCUT2D eigenvalue weighted by atomic mass is 32.2. The first-order valence-electron chi connectivity index (χ1n) is 10.8. The molecule has 0 fully saturated rings. The lowest BCUT2D eigenvalue weighted by atomic mass is 10.2. The highest BCUT2D eigenvalue weighted by Gasteiger charge is 2.24. The summed E-state index contributed by atoms with van der Waals surface area (Å²) in [7, 11) is -2.68. The molecule has 1 aromatic heterocycles. The Morgan fingerprint density at radius 3 is 2.27 bits per heavy atom. The van der Waals surface area contributed by atoms with Crippen LogP contribution in [0.1, 0.15) is 33.6 Å². The van der Waals surface area contributed by atoms with Crippen LogP contribution in [-0.4, -0.2) is 49.4 Å². The molecule has 188 valence electrons. The van der Waals surface area contributed by atoms with E-state index in [0.29, 0.717) is 20.6 Å². The van der Waals surface area contributed by atoms with Gasteiger partial charge in [0.15, 0.2) is 4.80 Å². The number of ether oxygens (including phenoxy) is 1. The van der Waals surface area contributed by atoms with Gasteiger partial charge in [0.1, 0.15) is 0 Å². The molecule has 37 heavy (non-hydrogen) atoms. The maximum atomic E-state index is 13.0. The number of nitrogens with zero attached hydrogens (tertiary/aromatic N) is 5. The second-order valence-corrected chi connectivity index (χ2v) is 10.5. The smallest absolute Gasteiger partial charge is 0.337 e. The molecule has 0 saturated heterocycles. The number of rotatable bonds is 9. The number of benzene rings is 2. The minimum Gasteiger partial charge on any atom is -0.465 e. The number of esters is 1. The molecule has 0 saturated carbocycles. The summed E-state index contributed by atoms with van der Waals surface area (Å²) in [4.78, 5) is 29.2. The molecule has 3 aromatic rings. The average Bonchev–Trinajstić information content (AvgIpc) is 3.24. The molecule has 0 radical (unpaired) electrons. The van der Waals surface area contributed by atoms with Crippen molar-refractivity contribution in [2.75, 3.05) is 20.2 Å². The standard InChI is InChI=1S/C25H21N5O5S2/c1-3-14-30-21-11-8-19(24(32)35-2)17-22(21)36-25(30)28-23(31)18-6-9-20(10-7-18)37(33,34)29(15-4-12-26)16-5-13-27/h1,6-11,17H,4-5,14-16H2,2H3. The highest BCUT2D eigenvalue weighted by molar-refractivity contribution is 7.89. The number of fused-ring (bicyclic) bond motifs is 1. The van der Waals surface area contributed by atoms with E-state index in [4.69, 9.17) is 21.7 Å². The normalized spacial score (nSPS) is 11.6. The van der Waals surface area contributed by atoms with E-state index in [9.17, 15) is 18.0 Å². The van der Waals surface area contributed by atoms with Crippen molar-refractivity contribution in [1.29, 1.82) is 10.5 Å². The summed E-state index contributed by atoms with van der Waals surface area (Å²) in [6.45, 7) is 0.0484. The second kappa shape index (κ2) is 12.1. The molecule has 0 aliphatic rings. The molecule has 12 heteroatoms. The Morgan fingerprint density at radius 1 is 1.08 bits per heavy atom. The fraction of sp³-hybridized carbons (Fsp3) is 0.240. The van der Waals surface area contributed by atoms with Crippen molar-refractivity contribution in [3.05, 3.63) is 58.4 Å². The lowest BCUT2D eigenvalue weighted by Crippen LogP contribution is -2.32. The number of carbonyl (C=O) groups excluding carboxylic acids is 2. The van der Waals surface area contributed by atoms with E-state index >= 15 is 0 Å². The van der Waals surface area contributed by atoms with Gasteiger partial charge in [-0.2, -0.15) is 19.8 Å². The van der Waals surface area contributed by atoms with E-state index < -0.39 is 21.9 Å². The molecule has 0 N–H and O–H groups in total. The molecule has 0 atom stereocenters. The molecule has 2 aromatic carbocycles. The average molecular weight is 536 g/mol. The van der Waals surface area contributed by atoms with Crippen LogP contribution in [0.25, 0.3) is 10.2 Å². The number of methoxy groups -OCH3 is 1. The first-order valence-corrected chi connectivity index (χ1v) is 13.1. The van der Waals surface area contributed by atoms with Gasteiger partial charge < -0.3 is 9.30 Å². The molecular weight excluding hydrogens is 514 g/mol. The van der Waals surface area contributed by atoms with Crippen molar-refractivity contribution >= 4 is 43.5 Å². The summed E-state index contributed by atoms with van der Waals surface area (Å²) >= 11 is 1.17. The Balaban J connectivity index is 1.96. The van der Waals surface area contributed by atoms with Crippen LogP contribution in [0, 0.1) is 35.0 Å². The molecule has 0 bridgehead atoms. The van der Waals surface area contributed by atoms with Gasteiger partial charge in [0.2, 0.25) is 10.0 Å². The van der Waals surface area contributed by atoms with Crippen LogP contribution in [0.5, 0.6) is 0 Å². The monoisotopic (exact) mass is 535 g/mol. The van der Waals surface area contributed by atoms with E-state index in [1.807, 2.05) is 12.1 Å². The quantitative estimate of drug-likeness (QED) is 0.302. The second-order valence-electron chi connectivity index (χ2n) is 7.51. The number of thiazole rings is 1. The van der Waals surface area contributed by atoms with E-state index in [0.717, 1.165) is 4.31 Å². The molecule has 0 spiro atoms. The van der Waals surface area contributed by atoms with Crippen molar-refractivity contribution in [2.45, 2.75) is 24.3 Å². The Morgan fingerprint density at radius 2 is 1.70 bits per heavy atom. The number of sulfonamides is 1. The first kappa shape index (κ1) is 27.3. The summed E-state index contributed by atoms with van der Waals surface area (Å²) in [5.41, 5.74) is 1.19. The predicted octanol–water partition coefficient (Wildman–Crippen LogP) is 2.68. The minimum absolute atomic E-state index is 0.0198. The van der Waals surface area contributed by atoms with Gasteiger partial charge in [0.05, 0.1) is 46.5 Å². The van der Waals surface area contributed by atoms with Gasteiger partial charge >= 0.3 is 5.97 Å². The summed E-state index contributed by atoms with van der Waals surface area (Å²) in [5, 5.41) is 17.7. The van der Waals surface area contributed by atoms with Crippen molar-refractivity contribution in [2.24, 2.45) is 4.99 Å². The van der Waals surface area contributed by atoms with Gasteiger partial charge in [-0.05, 0) is 42.5 Å². The van der Waals surface area contributed by atoms with Crippen molar-refractivity contribution in [3.8, 4) is 24.5 Å². The number of aromatic nitrogens is 1. The summed E-state index contributed by atoms with van der Waals surface area (Å²) in [6, 6.07) is 14.0. The fourth-order valence-electron chi connectivity index (χ4n) is 3.42. The molecular formula is C25H21N5O5S2. The SMILES string of the molecule is C#CCn1c(=NC(=O)c2ccc(S(=O)(=O)N(CCC#N)CCC#N)cc2)sc2cc(C(=O)OC)ccc21. The van der Waals surface area contributed by atoms with Crippen molar-refractivity contribution in [3.63, 3.8) is 0 Å². The Kier molecular flexibility index (Phi) is 8.94. The fourth-order valence-corrected chi connectivity index (χ4v) is 5.93. The largest absolute Gasteiger partial charge is 0.465 e. The van der Waals surface area contributed by atoms with Crippen LogP contribution < -0.4 is 4.80 Å². The Labute approximate surface area is 217 Å². The zero-order valence-corrected chi connectivity index (χ0v) is 21.4. The van der Waals surface area contributed by atoms with Crippen LogP contribution in [0.3, 0.4) is 0 Å². The van der Waals surface area contributed by atoms with Crippen LogP contribution in [0.2, 0.25) is 0 Å². The molecule has 0 unspecified atom stereocenters. The predicted molar refractivity (Wildman–Crippen MR) is 136 cm³/mol. The number of terminal acetylenes is 1. The van der Waals surface area contributed by atoms with E-state index in [-0.39, 0.29) is 42.9 Å². The lowest BCUT2D eigenvalue weighted by Gasteiger charge is -2.20. The topological polar surface area (TPSA) is 146 Å². The van der Waals surface area contributed by atoms with Gasteiger partial charge in [0.25, 0.3) is 5.91 Å². The van der Waals surface area contributed by atoms with Crippen molar-refractivity contribution < 1.29 is 22.7 Å². The number of hydrogen-bond acceptors (Lipinski definition) is 8. The van der Waals surface area contributed by atoms with Crippen LogP contribution in [0.15, 0.2) is 52.4 Å². The molecule has 10 nitrogen and oxygen atoms in total. The summed E-state index contributed by atoms with van der Waals surface area (Å²) in [5.74, 6) is 1.41. The third-order valence-electron chi connectivity index (χ3n) is 5.24. The van der Waals surface area contributed by atoms with Gasteiger partial charge in [-0.3, -0.25) is 4.79 Å². The zero-order valence-electron chi connectivity index (χ0n) is 19.7. The summed E-state index contributed by atoms with van der Waals surface area (Å²) in [6.07, 6.45) is 5.46. The molecule has 3 rings (SSSR count). The van der Waals surface area contributed by atoms with Crippen LogP contribution in [0.4, 0.5) is 0 Å². The molecule has 1 amide bonds. The Hall–Kier alpha value is -4.28. The molecule has 0 aliphatic heterocycles. The zero-order chi connectivity index (χ0) is 27.0. The number of amides is 1. The summed E-state index contributed by atoms with van der Waals surface area (Å²) < 4.78 is 34.1. The third kappa shape index (κ3) is 6.11. The minimum atomic E-state index is -3.96. The van der Waals surface area contributed by atoms with Crippen molar-refractivity contribution in [1.82, 2.24) is 8.87 Å². The van der Waals surface area contributed by atoms with E-state index in [2.05, 4.69) is 10.9 Å². The van der Waals surface area contributed by atoms with Gasteiger partial charge in [-0.25, -0.2) is 13.2 Å². The van der Waals surface area contributed by atoms with Gasteiger partial charge in [-0.1, -0.05) is 17.3 Å². The van der Waals surface area contributed by atoms with Crippen LogP contribution >= 0.6 is 11.3 Å². The highest BCUT2D eigenvalue weighted by Crippen LogP contribution is 2.21. The van der Waals surface area contributed by atoms with E-state index in [1.54, 1.807) is 22.8 Å². The third-order valence-corrected chi connectivity index (χ3v) is 8.19. The lowest BCUT2D eigenvalue weighted by molar-refractivity contribution is 0.0600. The number of nitriles is 2. The number of carbonyl (C=O) groups is 2. The first-order chi connectivity index (χ1) is 17.8. The van der Waals surface area contributed by atoms with E-state index in [1.165, 1.54) is 42.7 Å². The molecule has 1 heterocycles. The maximum Gasteiger partial charge on any atom is 0.337 e. The van der Waals surface area contributed by atoms with Gasteiger partial charge in [-0.15, -0.1) is 6.42 Å². The molecule has 0 aliphatic carbocycles. The maximum absolute atomic E-state index is 13.0. The number of hydrogen-bond donors (Lipinski definition) is 0.